The summed E-state index contributed by atoms with van der Waals surface area (Å²) in [5.41, 5.74) is 3.46. The fourth-order valence-electron chi connectivity index (χ4n) is 4.66. The Labute approximate surface area is 255 Å². The number of carbonyl (C=O) groups is 2. The highest BCUT2D eigenvalue weighted by molar-refractivity contribution is 7.92. The van der Waals surface area contributed by atoms with Crippen LogP contribution in [0.15, 0.2) is 78.9 Å². The van der Waals surface area contributed by atoms with Gasteiger partial charge in [-0.05, 0) is 59.7 Å². The Morgan fingerprint density at radius 1 is 0.881 bits per heavy atom. The Morgan fingerprint density at radius 3 is 2.07 bits per heavy atom. The molecule has 0 heterocycles. The Hall–Kier alpha value is -3.36. The third kappa shape index (κ3) is 10.2. The molecule has 0 aliphatic heterocycles. The van der Waals surface area contributed by atoms with E-state index in [4.69, 9.17) is 11.6 Å². The van der Waals surface area contributed by atoms with Gasteiger partial charge in [-0.1, -0.05) is 87.0 Å². The van der Waals surface area contributed by atoms with Gasteiger partial charge in [0.25, 0.3) is 0 Å². The number of nitrogens with zero attached hydrogens (tertiary/aromatic N) is 2. The van der Waals surface area contributed by atoms with E-state index in [-0.39, 0.29) is 37.2 Å². The first-order chi connectivity index (χ1) is 20.0. The van der Waals surface area contributed by atoms with Crippen LogP contribution in [-0.2, 0) is 39.0 Å². The minimum absolute atomic E-state index is 0.0788. The molecule has 1 atom stereocenters. The summed E-state index contributed by atoms with van der Waals surface area (Å²) >= 11 is 6.11. The van der Waals surface area contributed by atoms with Crippen molar-refractivity contribution in [3.8, 4) is 0 Å². The van der Waals surface area contributed by atoms with Crippen LogP contribution in [0.25, 0.3) is 0 Å². The third-order valence-corrected chi connectivity index (χ3v) is 8.45. The Morgan fingerprint density at radius 2 is 1.50 bits per heavy atom. The predicted molar refractivity (Wildman–Crippen MR) is 171 cm³/mol. The van der Waals surface area contributed by atoms with Crippen LogP contribution in [-0.4, -0.2) is 50.5 Å². The molecular formula is C33H42ClN3O4S. The summed E-state index contributed by atoms with van der Waals surface area (Å²) in [5.74, 6) is -0.191. The van der Waals surface area contributed by atoms with Gasteiger partial charge in [0.2, 0.25) is 21.8 Å². The lowest BCUT2D eigenvalue weighted by Crippen LogP contribution is -2.51. The first-order valence-electron chi connectivity index (χ1n) is 14.4. The van der Waals surface area contributed by atoms with Crippen molar-refractivity contribution in [3.05, 3.63) is 101 Å². The fourth-order valence-corrected chi connectivity index (χ4v) is 5.76. The molecule has 0 bridgehead atoms. The molecule has 0 aliphatic rings. The van der Waals surface area contributed by atoms with Gasteiger partial charge in [-0.15, -0.1) is 0 Å². The number of sulfonamides is 1. The standard InChI is InChI=1S/C33H42ClN3O4S/c1-5-26-15-19-30(20-16-26)37(42(4,40)41)21-9-12-32(38)36(24-28-13-17-29(34)18-14-28)31(33(39)35-23-25(2)3)22-27-10-7-6-8-11-27/h6-8,10-11,13-20,25,31H,5,9,12,21-24H2,1-4H3,(H,35,39). The average Bonchev–Trinajstić information content (AvgIpc) is 2.96. The van der Waals surface area contributed by atoms with E-state index in [1.807, 2.05) is 75.4 Å². The molecule has 0 saturated carbocycles. The van der Waals surface area contributed by atoms with Crippen LogP contribution in [0.5, 0.6) is 0 Å². The largest absolute Gasteiger partial charge is 0.354 e. The van der Waals surface area contributed by atoms with E-state index >= 15 is 0 Å². The molecule has 7 nitrogen and oxygen atoms in total. The lowest BCUT2D eigenvalue weighted by atomic mass is 10.0. The number of hydrogen-bond donors (Lipinski definition) is 1. The molecule has 42 heavy (non-hydrogen) atoms. The Balaban J connectivity index is 1.86. The van der Waals surface area contributed by atoms with Crippen molar-refractivity contribution in [1.29, 1.82) is 0 Å². The quantitative estimate of drug-likeness (QED) is 0.233. The van der Waals surface area contributed by atoms with Crippen LogP contribution in [0.4, 0.5) is 5.69 Å². The van der Waals surface area contributed by atoms with Crippen LogP contribution < -0.4 is 9.62 Å². The molecule has 9 heteroatoms. The summed E-state index contributed by atoms with van der Waals surface area (Å²) in [6.45, 7) is 6.94. The number of carbonyl (C=O) groups excluding carboxylic acids is 2. The monoisotopic (exact) mass is 611 g/mol. The topological polar surface area (TPSA) is 86.8 Å². The molecule has 1 unspecified atom stereocenters. The second-order valence-corrected chi connectivity index (χ2v) is 13.3. The van der Waals surface area contributed by atoms with E-state index in [1.54, 1.807) is 29.2 Å². The van der Waals surface area contributed by atoms with Crippen molar-refractivity contribution < 1.29 is 18.0 Å². The Kier molecular flexibility index (Phi) is 12.4. The summed E-state index contributed by atoms with van der Waals surface area (Å²) < 4.78 is 26.7. The van der Waals surface area contributed by atoms with E-state index in [0.29, 0.717) is 30.1 Å². The van der Waals surface area contributed by atoms with Crippen molar-refractivity contribution in [3.63, 3.8) is 0 Å². The molecule has 3 rings (SSSR count). The molecular weight excluding hydrogens is 570 g/mol. The lowest BCUT2D eigenvalue weighted by Gasteiger charge is -2.32. The van der Waals surface area contributed by atoms with Gasteiger partial charge in [0.15, 0.2) is 0 Å². The maximum Gasteiger partial charge on any atom is 0.243 e. The molecule has 0 saturated heterocycles. The summed E-state index contributed by atoms with van der Waals surface area (Å²) in [5, 5.41) is 3.60. The first kappa shape index (κ1) is 33.1. The second-order valence-electron chi connectivity index (χ2n) is 11.0. The SMILES string of the molecule is CCc1ccc(N(CCCC(=O)N(Cc2ccc(Cl)cc2)C(Cc2ccccc2)C(=O)NCC(C)C)S(C)(=O)=O)cc1. The zero-order valence-electron chi connectivity index (χ0n) is 24.9. The zero-order valence-corrected chi connectivity index (χ0v) is 26.5. The maximum atomic E-state index is 13.9. The molecule has 226 valence electrons. The van der Waals surface area contributed by atoms with E-state index in [0.717, 1.165) is 23.1 Å². The number of halogens is 1. The first-order valence-corrected chi connectivity index (χ1v) is 16.6. The lowest BCUT2D eigenvalue weighted by molar-refractivity contribution is -0.141. The number of amides is 2. The molecule has 0 aliphatic carbocycles. The molecule has 0 fully saturated rings. The molecule has 0 radical (unpaired) electrons. The highest BCUT2D eigenvalue weighted by Gasteiger charge is 2.30. The highest BCUT2D eigenvalue weighted by atomic mass is 35.5. The number of nitrogens with one attached hydrogen (secondary N) is 1. The van der Waals surface area contributed by atoms with Crippen molar-refractivity contribution in [1.82, 2.24) is 10.2 Å². The molecule has 3 aromatic rings. The van der Waals surface area contributed by atoms with Crippen molar-refractivity contribution in [2.75, 3.05) is 23.7 Å². The van der Waals surface area contributed by atoms with Gasteiger partial charge in [-0.2, -0.15) is 0 Å². The van der Waals surface area contributed by atoms with E-state index in [1.165, 1.54) is 10.6 Å². The number of aryl methyl sites for hydroxylation is 1. The molecule has 3 aromatic carbocycles. The number of rotatable bonds is 15. The summed E-state index contributed by atoms with van der Waals surface area (Å²) in [6, 6.07) is 23.5. The Bertz CT molecular complexity index is 1400. The minimum Gasteiger partial charge on any atom is -0.354 e. The van der Waals surface area contributed by atoms with E-state index in [2.05, 4.69) is 5.32 Å². The average molecular weight is 612 g/mol. The van der Waals surface area contributed by atoms with E-state index in [9.17, 15) is 18.0 Å². The smallest absolute Gasteiger partial charge is 0.243 e. The molecule has 1 N–H and O–H groups in total. The predicted octanol–water partition coefficient (Wildman–Crippen LogP) is 5.86. The van der Waals surface area contributed by atoms with Crippen LogP contribution in [0.2, 0.25) is 5.02 Å². The normalized spacial score (nSPS) is 12.1. The van der Waals surface area contributed by atoms with Gasteiger partial charge in [0, 0.05) is 37.5 Å². The van der Waals surface area contributed by atoms with Gasteiger partial charge in [-0.25, -0.2) is 8.42 Å². The van der Waals surface area contributed by atoms with Crippen molar-refractivity contribution in [2.45, 2.75) is 59.0 Å². The van der Waals surface area contributed by atoms with E-state index < -0.39 is 16.1 Å². The van der Waals surface area contributed by atoms with Gasteiger partial charge < -0.3 is 10.2 Å². The number of hydrogen-bond acceptors (Lipinski definition) is 4. The van der Waals surface area contributed by atoms with Crippen LogP contribution >= 0.6 is 11.6 Å². The third-order valence-electron chi connectivity index (χ3n) is 7.01. The van der Waals surface area contributed by atoms with Crippen LogP contribution in [0.3, 0.4) is 0 Å². The van der Waals surface area contributed by atoms with Crippen LogP contribution in [0, 0.1) is 5.92 Å². The second kappa shape index (κ2) is 15.8. The van der Waals surface area contributed by atoms with Crippen molar-refractivity contribution in [2.24, 2.45) is 5.92 Å². The summed E-state index contributed by atoms with van der Waals surface area (Å²) in [4.78, 5) is 29.1. The van der Waals surface area contributed by atoms with Gasteiger partial charge in [0.05, 0.1) is 11.9 Å². The highest BCUT2D eigenvalue weighted by Crippen LogP contribution is 2.21. The molecule has 0 spiro atoms. The molecule has 2 amide bonds. The van der Waals surface area contributed by atoms with Crippen LogP contribution in [0.1, 0.15) is 50.3 Å². The van der Waals surface area contributed by atoms with Gasteiger partial charge in [-0.3, -0.25) is 13.9 Å². The maximum absolute atomic E-state index is 13.9. The van der Waals surface area contributed by atoms with Crippen molar-refractivity contribution >= 4 is 39.1 Å². The van der Waals surface area contributed by atoms with Gasteiger partial charge in [0.1, 0.15) is 6.04 Å². The zero-order chi connectivity index (χ0) is 30.7. The minimum atomic E-state index is -3.56. The number of benzene rings is 3. The van der Waals surface area contributed by atoms with Gasteiger partial charge >= 0.3 is 0 Å². The summed E-state index contributed by atoms with van der Waals surface area (Å²) in [6.07, 6.45) is 2.75. The number of anilines is 1. The fraction of sp³-hybridized carbons (Fsp3) is 0.394. The summed E-state index contributed by atoms with van der Waals surface area (Å²) in [7, 11) is -3.56. The molecule has 0 aromatic heterocycles.